The lowest BCUT2D eigenvalue weighted by atomic mass is 9.92. The highest BCUT2D eigenvalue weighted by molar-refractivity contribution is 5.78. The molecule has 12 nitrogen and oxygen atoms in total. The molecule has 2 unspecified atom stereocenters. The van der Waals surface area contributed by atoms with Gasteiger partial charge in [-0.2, -0.15) is 0 Å². The number of nitrogens with zero attached hydrogens (tertiary/aromatic N) is 1. The fraction of sp³-hybridized carbons (Fsp3) is 0.500. The van der Waals surface area contributed by atoms with Gasteiger partial charge in [0.15, 0.2) is 0 Å². The van der Waals surface area contributed by atoms with Crippen molar-refractivity contribution in [3.05, 3.63) is 54.1 Å². The van der Waals surface area contributed by atoms with Gasteiger partial charge in [0, 0.05) is 38.2 Å². The Morgan fingerprint density at radius 2 is 2.00 bits per heavy atom. The highest BCUT2D eigenvalue weighted by atomic mass is 16.7. The average molecular weight is 505 g/mol. The Bertz CT molecular complexity index is 1000. The molecule has 0 spiro atoms. The van der Waals surface area contributed by atoms with Gasteiger partial charge in [-0.1, -0.05) is 30.3 Å². The van der Waals surface area contributed by atoms with E-state index < -0.39 is 47.9 Å². The second-order valence-corrected chi connectivity index (χ2v) is 8.44. The third-order valence-corrected chi connectivity index (χ3v) is 5.85. The molecule has 0 saturated carbocycles. The zero-order valence-corrected chi connectivity index (χ0v) is 20.4. The molecular formula is C24H32N4O8. The van der Waals surface area contributed by atoms with Gasteiger partial charge in [-0.3, -0.25) is 9.59 Å². The third-order valence-electron chi connectivity index (χ3n) is 5.85. The number of aliphatic hydroxyl groups excluding tert-OH is 1. The maximum absolute atomic E-state index is 12.9. The van der Waals surface area contributed by atoms with Crippen LogP contribution in [0.25, 0.3) is 0 Å². The lowest BCUT2D eigenvalue weighted by molar-refractivity contribution is -0.299. The van der Waals surface area contributed by atoms with Gasteiger partial charge in [-0.25, -0.2) is 9.78 Å². The summed E-state index contributed by atoms with van der Waals surface area (Å²) in [5.74, 6) is -3.69. The molecule has 12 heteroatoms. The van der Waals surface area contributed by atoms with Crippen molar-refractivity contribution in [1.29, 1.82) is 0 Å². The lowest BCUT2D eigenvalue weighted by Crippen LogP contribution is -2.66. The summed E-state index contributed by atoms with van der Waals surface area (Å²) in [6, 6.07) is 7.45. The van der Waals surface area contributed by atoms with Crippen molar-refractivity contribution in [3.8, 4) is 0 Å². The molecule has 5 atom stereocenters. The summed E-state index contributed by atoms with van der Waals surface area (Å²) in [5, 5.41) is 16.7. The van der Waals surface area contributed by atoms with E-state index in [0.29, 0.717) is 5.69 Å². The van der Waals surface area contributed by atoms with Crippen LogP contribution in [0.4, 0.5) is 0 Å². The third kappa shape index (κ3) is 6.88. The molecule has 36 heavy (non-hydrogen) atoms. The number of aliphatic hydroxyl groups is 1. The Balaban J connectivity index is 1.83. The van der Waals surface area contributed by atoms with Crippen LogP contribution < -0.4 is 10.6 Å². The van der Waals surface area contributed by atoms with Crippen molar-refractivity contribution >= 4 is 17.8 Å². The molecule has 1 aromatic carbocycles. The molecule has 0 aliphatic carbocycles. The summed E-state index contributed by atoms with van der Waals surface area (Å²) in [5.41, 5.74) is 1.47. The number of carbonyl (C=O) groups excluding carboxylic acids is 3. The zero-order chi connectivity index (χ0) is 26.1. The average Bonchev–Trinajstić information content (AvgIpc) is 3.39. The number of carbonyl (C=O) groups is 3. The number of imidazole rings is 1. The predicted molar refractivity (Wildman–Crippen MR) is 125 cm³/mol. The van der Waals surface area contributed by atoms with Crippen LogP contribution in [0.1, 0.15) is 24.6 Å². The molecule has 0 radical (unpaired) electrons. The molecule has 4 N–H and O–H groups in total. The highest BCUT2D eigenvalue weighted by Gasteiger charge is 2.54. The van der Waals surface area contributed by atoms with Gasteiger partial charge in [-0.15, -0.1) is 0 Å². The van der Waals surface area contributed by atoms with E-state index in [4.69, 9.17) is 18.9 Å². The summed E-state index contributed by atoms with van der Waals surface area (Å²) in [7, 11) is 2.46. The zero-order valence-electron chi connectivity index (χ0n) is 20.4. The molecule has 1 amide bonds. The molecule has 2 aromatic rings. The van der Waals surface area contributed by atoms with Crippen LogP contribution in [0.15, 0.2) is 42.9 Å². The number of aromatic amines is 1. The first kappa shape index (κ1) is 27.3. The second kappa shape index (κ2) is 12.6. The van der Waals surface area contributed by atoms with Crippen molar-refractivity contribution < 1.29 is 38.4 Å². The summed E-state index contributed by atoms with van der Waals surface area (Å²) in [4.78, 5) is 44.0. The number of esters is 2. The Labute approximate surface area is 208 Å². The predicted octanol–water partition coefficient (Wildman–Crippen LogP) is -0.176. The van der Waals surface area contributed by atoms with Crippen LogP contribution in [0.5, 0.6) is 0 Å². The topological polar surface area (TPSA) is 161 Å². The minimum absolute atomic E-state index is 0.0121. The van der Waals surface area contributed by atoms with Crippen molar-refractivity contribution in [3.63, 3.8) is 0 Å². The molecule has 1 aromatic heterocycles. The van der Waals surface area contributed by atoms with E-state index in [0.717, 1.165) is 5.56 Å². The molecule has 1 fully saturated rings. The van der Waals surface area contributed by atoms with E-state index in [1.165, 1.54) is 27.5 Å². The van der Waals surface area contributed by atoms with Crippen LogP contribution in [0.3, 0.4) is 0 Å². The molecular weight excluding hydrogens is 472 g/mol. The van der Waals surface area contributed by atoms with Crippen LogP contribution in [0.2, 0.25) is 0 Å². The van der Waals surface area contributed by atoms with Crippen LogP contribution in [-0.4, -0.2) is 83.8 Å². The first-order valence-corrected chi connectivity index (χ1v) is 11.5. The monoisotopic (exact) mass is 504 g/mol. The fourth-order valence-electron chi connectivity index (χ4n) is 4.08. The highest BCUT2D eigenvalue weighted by Crippen LogP contribution is 2.33. The molecule has 3 rings (SSSR count). The standard InChI is InChI=1S/C24H32N4O8/c1-15(29)28-21-19(30)10-24(23(32)34-3,35-13-16-7-5-4-6-8-16)36-20(21)12-26-18(22(31)33-2)9-17-11-25-14-27-17/h4-8,11,14,18-21,26,30H,9-10,12-13H2,1-3H3,(H,25,27)(H,28,29)/t18-,19?,20?,21+,24+/m0/s1. The van der Waals surface area contributed by atoms with Gasteiger partial charge in [0.2, 0.25) is 5.91 Å². The number of hydrogen-bond donors (Lipinski definition) is 4. The van der Waals surface area contributed by atoms with E-state index in [1.54, 1.807) is 6.20 Å². The SMILES string of the molecule is COC(=O)[C@H](Cc1cnc[nH]1)NCC1O[C@@](OCc2ccccc2)(C(=O)OC)CC(O)[C@H]1NC(C)=O. The molecule has 196 valence electrons. The van der Waals surface area contributed by atoms with Gasteiger partial charge >= 0.3 is 11.9 Å². The number of H-pyrrole nitrogens is 1. The summed E-state index contributed by atoms with van der Waals surface area (Å²) in [6.07, 6.45) is 0.849. The fourth-order valence-corrected chi connectivity index (χ4v) is 4.08. The van der Waals surface area contributed by atoms with E-state index in [9.17, 15) is 19.5 Å². The number of rotatable bonds is 11. The van der Waals surface area contributed by atoms with E-state index in [2.05, 4.69) is 20.6 Å². The number of ether oxygens (including phenoxy) is 4. The van der Waals surface area contributed by atoms with Crippen LogP contribution >= 0.6 is 0 Å². The minimum atomic E-state index is -1.94. The first-order chi connectivity index (χ1) is 17.3. The van der Waals surface area contributed by atoms with Crippen molar-refractivity contribution in [1.82, 2.24) is 20.6 Å². The number of benzene rings is 1. The molecule has 1 aliphatic heterocycles. The van der Waals surface area contributed by atoms with Gasteiger partial charge in [0.25, 0.3) is 5.79 Å². The summed E-state index contributed by atoms with van der Waals surface area (Å²) in [6.45, 7) is 1.28. The largest absolute Gasteiger partial charge is 0.468 e. The lowest BCUT2D eigenvalue weighted by Gasteiger charge is -2.45. The van der Waals surface area contributed by atoms with Gasteiger partial charge in [0.05, 0.1) is 45.4 Å². The molecule has 2 heterocycles. The Morgan fingerprint density at radius 1 is 1.25 bits per heavy atom. The van der Waals surface area contributed by atoms with E-state index >= 15 is 0 Å². The number of hydrogen-bond acceptors (Lipinski definition) is 10. The van der Waals surface area contributed by atoms with Gasteiger partial charge in [-0.05, 0) is 5.56 Å². The maximum Gasteiger partial charge on any atom is 0.366 e. The first-order valence-electron chi connectivity index (χ1n) is 11.5. The Hall–Kier alpha value is -3.32. The van der Waals surface area contributed by atoms with Crippen molar-refractivity contribution in [2.75, 3.05) is 20.8 Å². The normalized spacial score (nSPS) is 24.5. The number of amides is 1. The maximum atomic E-state index is 12.9. The van der Waals surface area contributed by atoms with Crippen molar-refractivity contribution in [2.45, 2.75) is 56.5 Å². The van der Waals surface area contributed by atoms with Crippen LogP contribution in [0, 0.1) is 0 Å². The number of nitrogens with one attached hydrogen (secondary N) is 3. The second-order valence-electron chi connectivity index (χ2n) is 8.44. The van der Waals surface area contributed by atoms with Crippen LogP contribution in [-0.2, 0) is 46.4 Å². The van der Waals surface area contributed by atoms with Gasteiger partial charge < -0.3 is 39.7 Å². The smallest absolute Gasteiger partial charge is 0.366 e. The molecule has 1 aliphatic rings. The summed E-state index contributed by atoms with van der Waals surface area (Å²) < 4.78 is 21.9. The number of methoxy groups -OCH3 is 2. The van der Waals surface area contributed by atoms with Crippen molar-refractivity contribution in [2.24, 2.45) is 0 Å². The van der Waals surface area contributed by atoms with Gasteiger partial charge in [0.1, 0.15) is 6.04 Å². The van der Waals surface area contributed by atoms with E-state index in [1.807, 2.05) is 30.3 Å². The molecule has 0 bridgehead atoms. The number of aromatic nitrogens is 2. The quantitative estimate of drug-likeness (QED) is 0.302. The Kier molecular flexibility index (Phi) is 9.53. The summed E-state index contributed by atoms with van der Waals surface area (Å²) >= 11 is 0. The minimum Gasteiger partial charge on any atom is -0.468 e. The molecule has 1 saturated heterocycles. The van der Waals surface area contributed by atoms with E-state index in [-0.39, 0.29) is 26.0 Å². The Morgan fingerprint density at radius 3 is 2.61 bits per heavy atom.